The molecule has 0 saturated carbocycles. The molecular formula is C15H22Cl2FN3O. The van der Waals surface area contributed by atoms with Gasteiger partial charge in [0.2, 0.25) is 0 Å². The van der Waals surface area contributed by atoms with Gasteiger partial charge in [-0.15, -0.1) is 24.8 Å². The van der Waals surface area contributed by atoms with Gasteiger partial charge in [0.1, 0.15) is 12.4 Å². The van der Waals surface area contributed by atoms with Crippen LogP contribution < -0.4 is 10.1 Å². The highest BCUT2D eigenvalue weighted by atomic mass is 35.5. The zero-order chi connectivity index (χ0) is 13.9. The second-order valence-electron chi connectivity index (χ2n) is 5.11. The van der Waals surface area contributed by atoms with E-state index in [-0.39, 0.29) is 37.5 Å². The SMILES string of the molecule is COc1ccc2[nH]cc([C@H](CF)N3CCNCC3)c2c1.Cl.Cl. The Morgan fingerprint density at radius 1 is 1.27 bits per heavy atom. The summed E-state index contributed by atoms with van der Waals surface area (Å²) in [6.07, 6.45) is 1.93. The molecule has 0 bridgehead atoms. The van der Waals surface area contributed by atoms with E-state index in [1.165, 1.54) is 0 Å². The van der Waals surface area contributed by atoms with Gasteiger partial charge in [0.25, 0.3) is 0 Å². The third kappa shape index (κ3) is 3.66. The third-order valence-corrected chi connectivity index (χ3v) is 4.02. The highest BCUT2D eigenvalue weighted by molar-refractivity contribution is 5.86. The fraction of sp³-hybridized carbons (Fsp3) is 0.467. The summed E-state index contributed by atoms with van der Waals surface area (Å²) in [5.74, 6) is 0.802. The lowest BCUT2D eigenvalue weighted by Crippen LogP contribution is -2.45. The molecular weight excluding hydrogens is 328 g/mol. The Labute approximate surface area is 142 Å². The fourth-order valence-electron chi connectivity index (χ4n) is 2.90. The minimum atomic E-state index is -0.371. The standard InChI is InChI=1S/C15H20FN3O.2ClH/c1-20-11-2-3-14-12(8-11)13(10-18-14)15(9-16)19-6-4-17-5-7-19;;/h2-3,8,10,15,17-18H,4-7,9H2,1H3;2*1H/t15-;;/m0../s1. The summed E-state index contributed by atoms with van der Waals surface area (Å²) in [4.78, 5) is 5.44. The molecule has 2 N–H and O–H groups in total. The molecule has 1 aromatic heterocycles. The van der Waals surface area contributed by atoms with E-state index in [0.29, 0.717) is 0 Å². The van der Waals surface area contributed by atoms with E-state index >= 15 is 0 Å². The molecule has 0 unspecified atom stereocenters. The van der Waals surface area contributed by atoms with Gasteiger partial charge in [-0.1, -0.05) is 0 Å². The number of piperazine rings is 1. The van der Waals surface area contributed by atoms with Gasteiger partial charge in [-0.25, -0.2) is 4.39 Å². The highest BCUT2D eigenvalue weighted by Gasteiger charge is 2.24. The summed E-state index contributed by atoms with van der Waals surface area (Å²) < 4.78 is 18.9. The summed E-state index contributed by atoms with van der Waals surface area (Å²) in [6.45, 7) is 3.23. The van der Waals surface area contributed by atoms with Crippen molar-refractivity contribution in [2.24, 2.45) is 0 Å². The van der Waals surface area contributed by atoms with Crippen molar-refractivity contribution in [3.8, 4) is 5.75 Å². The number of hydrogen-bond acceptors (Lipinski definition) is 3. The first-order valence-electron chi connectivity index (χ1n) is 6.99. The predicted octanol–water partition coefficient (Wildman–Crippen LogP) is 2.94. The van der Waals surface area contributed by atoms with Crippen LogP contribution in [0.3, 0.4) is 0 Å². The van der Waals surface area contributed by atoms with Crippen LogP contribution in [0.4, 0.5) is 4.39 Å². The molecule has 4 nitrogen and oxygen atoms in total. The molecule has 1 atom stereocenters. The maximum Gasteiger partial charge on any atom is 0.119 e. The molecule has 1 aliphatic rings. The number of halogens is 3. The molecule has 1 aliphatic heterocycles. The lowest BCUT2D eigenvalue weighted by Gasteiger charge is -2.33. The van der Waals surface area contributed by atoms with Crippen LogP contribution in [0.5, 0.6) is 5.75 Å². The largest absolute Gasteiger partial charge is 0.497 e. The Kier molecular flexibility index (Phi) is 7.42. The van der Waals surface area contributed by atoms with Crippen molar-refractivity contribution < 1.29 is 9.13 Å². The van der Waals surface area contributed by atoms with E-state index in [9.17, 15) is 4.39 Å². The summed E-state index contributed by atoms with van der Waals surface area (Å²) in [7, 11) is 1.65. The number of methoxy groups -OCH3 is 1. The maximum absolute atomic E-state index is 13.6. The Hall–Kier alpha value is -1.01. The average molecular weight is 350 g/mol. The topological polar surface area (TPSA) is 40.3 Å². The molecule has 2 aromatic rings. The smallest absolute Gasteiger partial charge is 0.119 e. The summed E-state index contributed by atoms with van der Waals surface area (Å²) >= 11 is 0. The van der Waals surface area contributed by atoms with E-state index in [4.69, 9.17) is 4.74 Å². The molecule has 1 fully saturated rings. The lowest BCUT2D eigenvalue weighted by molar-refractivity contribution is 0.148. The number of hydrogen-bond donors (Lipinski definition) is 2. The van der Waals surface area contributed by atoms with Crippen molar-refractivity contribution in [2.75, 3.05) is 40.0 Å². The normalized spacial score (nSPS) is 16.6. The summed E-state index contributed by atoms with van der Waals surface area (Å²) in [5.41, 5.74) is 2.04. The van der Waals surface area contributed by atoms with Crippen LogP contribution >= 0.6 is 24.8 Å². The van der Waals surface area contributed by atoms with Gasteiger partial charge in [-0.3, -0.25) is 4.90 Å². The maximum atomic E-state index is 13.6. The predicted molar refractivity (Wildman–Crippen MR) is 92.5 cm³/mol. The van der Waals surface area contributed by atoms with Crippen LogP contribution in [0.25, 0.3) is 10.9 Å². The molecule has 22 heavy (non-hydrogen) atoms. The first-order valence-corrected chi connectivity index (χ1v) is 6.99. The van der Waals surface area contributed by atoms with Crippen molar-refractivity contribution in [1.29, 1.82) is 0 Å². The number of aromatic nitrogens is 1. The number of benzene rings is 1. The highest BCUT2D eigenvalue weighted by Crippen LogP contribution is 2.31. The van der Waals surface area contributed by atoms with Crippen molar-refractivity contribution in [2.45, 2.75) is 6.04 Å². The van der Waals surface area contributed by atoms with Crippen LogP contribution in [0.15, 0.2) is 24.4 Å². The van der Waals surface area contributed by atoms with Crippen LogP contribution in [-0.2, 0) is 0 Å². The van der Waals surface area contributed by atoms with Crippen molar-refractivity contribution in [1.82, 2.24) is 15.2 Å². The van der Waals surface area contributed by atoms with Crippen molar-refractivity contribution in [3.05, 3.63) is 30.0 Å². The summed E-state index contributed by atoms with van der Waals surface area (Å²) in [5, 5.41) is 4.35. The molecule has 0 aliphatic carbocycles. The van der Waals surface area contributed by atoms with E-state index in [1.54, 1.807) is 7.11 Å². The minimum Gasteiger partial charge on any atom is -0.497 e. The number of nitrogens with one attached hydrogen (secondary N) is 2. The van der Waals surface area contributed by atoms with Gasteiger partial charge in [0.15, 0.2) is 0 Å². The van der Waals surface area contributed by atoms with Gasteiger partial charge in [0.05, 0.1) is 13.2 Å². The fourth-order valence-corrected chi connectivity index (χ4v) is 2.90. The van der Waals surface area contributed by atoms with Gasteiger partial charge in [0, 0.05) is 43.3 Å². The first kappa shape index (κ1) is 19.0. The number of alkyl halides is 1. The molecule has 0 amide bonds. The Morgan fingerprint density at radius 2 is 2.00 bits per heavy atom. The molecule has 1 aromatic carbocycles. The number of aromatic amines is 1. The molecule has 3 rings (SSSR count). The Bertz CT molecular complexity index is 587. The van der Waals surface area contributed by atoms with Crippen LogP contribution in [0.1, 0.15) is 11.6 Å². The average Bonchev–Trinajstić information content (AvgIpc) is 2.92. The van der Waals surface area contributed by atoms with Gasteiger partial charge >= 0.3 is 0 Å². The Morgan fingerprint density at radius 3 is 2.64 bits per heavy atom. The zero-order valence-electron chi connectivity index (χ0n) is 12.5. The molecule has 7 heteroatoms. The van der Waals surface area contributed by atoms with Crippen molar-refractivity contribution in [3.63, 3.8) is 0 Å². The zero-order valence-corrected chi connectivity index (χ0v) is 14.1. The molecule has 1 saturated heterocycles. The third-order valence-electron chi connectivity index (χ3n) is 4.02. The molecule has 0 radical (unpaired) electrons. The van der Waals surface area contributed by atoms with E-state index < -0.39 is 0 Å². The van der Waals surface area contributed by atoms with Crippen LogP contribution in [-0.4, -0.2) is 49.8 Å². The quantitative estimate of drug-likeness (QED) is 0.891. The second kappa shape index (κ2) is 8.58. The van der Waals surface area contributed by atoms with Gasteiger partial charge in [-0.2, -0.15) is 0 Å². The molecule has 124 valence electrons. The van der Waals surface area contributed by atoms with E-state index in [2.05, 4.69) is 15.2 Å². The monoisotopic (exact) mass is 349 g/mol. The Balaban J connectivity index is 0.00000121. The molecule has 0 spiro atoms. The number of H-pyrrole nitrogens is 1. The number of fused-ring (bicyclic) bond motifs is 1. The van der Waals surface area contributed by atoms with Crippen molar-refractivity contribution >= 4 is 35.7 Å². The summed E-state index contributed by atoms with van der Waals surface area (Å²) in [6, 6.07) is 5.69. The van der Waals surface area contributed by atoms with Gasteiger partial charge in [-0.05, 0) is 23.8 Å². The number of rotatable bonds is 4. The van der Waals surface area contributed by atoms with E-state index in [0.717, 1.165) is 48.4 Å². The second-order valence-corrected chi connectivity index (χ2v) is 5.11. The number of nitrogens with zero attached hydrogens (tertiary/aromatic N) is 1. The van der Waals surface area contributed by atoms with E-state index in [1.807, 2.05) is 24.4 Å². The lowest BCUT2D eigenvalue weighted by atomic mass is 10.0. The molecule has 2 heterocycles. The van der Waals surface area contributed by atoms with Gasteiger partial charge < -0.3 is 15.0 Å². The van der Waals surface area contributed by atoms with Crippen LogP contribution in [0, 0.1) is 0 Å². The first-order chi connectivity index (χ1) is 9.83. The van der Waals surface area contributed by atoms with Crippen LogP contribution in [0.2, 0.25) is 0 Å². The number of ether oxygens (including phenoxy) is 1. The minimum absolute atomic E-state index is 0.